The summed E-state index contributed by atoms with van der Waals surface area (Å²) in [4.78, 5) is 15.3. The zero-order valence-electron chi connectivity index (χ0n) is 10.8. The number of pyridine rings is 1. The predicted molar refractivity (Wildman–Crippen MR) is 75.2 cm³/mol. The minimum atomic E-state index is -0.484. The Labute approximate surface area is 111 Å². The van der Waals surface area contributed by atoms with Gasteiger partial charge in [-0.1, -0.05) is 12.1 Å². The van der Waals surface area contributed by atoms with Crippen molar-refractivity contribution in [1.29, 1.82) is 0 Å². The molecule has 0 bridgehead atoms. The Balaban J connectivity index is 2.29. The first kappa shape index (κ1) is 12.9. The van der Waals surface area contributed by atoms with Crippen LogP contribution in [0.1, 0.15) is 0 Å². The van der Waals surface area contributed by atoms with Crippen molar-refractivity contribution in [3.63, 3.8) is 0 Å². The summed E-state index contributed by atoms with van der Waals surface area (Å²) in [7, 11) is 3.16. The summed E-state index contributed by atoms with van der Waals surface area (Å²) in [5.41, 5.74) is 2.70. The van der Waals surface area contributed by atoms with Crippen LogP contribution in [0.25, 0.3) is 11.1 Å². The molecule has 98 valence electrons. The molecule has 0 fully saturated rings. The molecule has 2 N–H and O–H groups in total. The van der Waals surface area contributed by atoms with Gasteiger partial charge in [-0.15, -0.1) is 0 Å². The third kappa shape index (κ3) is 3.22. The highest BCUT2D eigenvalue weighted by molar-refractivity contribution is 5.85. The van der Waals surface area contributed by atoms with E-state index >= 15 is 0 Å². The van der Waals surface area contributed by atoms with E-state index in [0.29, 0.717) is 5.69 Å². The van der Waals surface area contributed by atoms with Crippen molar-refractivity contribution >= 4 is 17.6 Å². The van der Waals surface area contributed by atoms with E-state index in [1.54, 1.807) is 12.3 Å². The topological polar surface area (TPSA) is 63.2 Å². The summed E-state index contributed by atoms with van der Waals surface area (Å²) in [6.45, 7) is 0. The number of methoxy groups -OCH3 is 1. The Bertz CT molecular complexity index is 584. The number of nitrogens with one attached hydrogen (secondary N) is 2. The molecular formula is C14H15N3O2. The number of hydrogen-bond donors (Lipinski definition) is 2. The molecule has 1 amide bonds. The standard InChI is InChI=1S/C14H15N3O2/c1-15-13-9-11(6-7-16-13)10-4-3-5-12(8-10)17-14(18)19-2/h3-9H,1-2H3,(H,15,16)(H,17,18). The Hall–Kier alpha value is -2.56. The van der Waals surface area contributed by atoms with Gasteiger partial charge in [0.1, 0.15) is 5.82 Å². The number of carbonyl (C=O) groups is 1. The van der Waals surface area contributed by atoms with Crippen LogP contribution in [0.15, 0.2) is 42.6 Å². The van der Waals surface area contributed by atoms with Crippen molar-refractivity contribution in [2.45, 2.75) is 0 Å². The van der Waals surface area contributed by atoms with E-state index in [9.17, 15) is 4.79 Å². The molecule has 0 atom stereocenters. The maximum atomic E-state index is 11.2. The number of rotatable bonds is 3. The summed E-state index contributed by atoms with van der Waals surface area (Å²) in [6.07, 6.45) is 1.25. The largest absolute Gasteiger partial charge is 0.453 e. The molecule has 0 unspecified atom stereocenters. The smallest absolute Gasteiger partial charge is 0.411 e. The van der Waals surface area contributed by atoms with Crippen LogP contribution >= 0.6 is 0 Å². The minimum Gasteiger partial charge on any atom is -0.453 e. The van der Waals surface area contributed by atoms with Gasteiger partial charge in [0.05, 0.1) is 7.11 Å². The Morgan fingerprint density at radius 1 is 1.21 bits per heavy atom. The van der Waals surface area contributed by atoms with E-state index in [-0.39, 0.29) is 0 Å². The van der Waals surface area contributed by atoms with Gasteiger partial charge in [0.25, 0.3) is 0 Å². The fourth-order valence-electron chi connectivity index (χ4n) is 1.69. The molecule has 5 nitrogen and oxygen atoms in total. The molecule has 0 spiro atoms. The summed E-state index contributed by atoms with van der Waals surface area (Å²) in [5.74, 6) is 0.795. The number of aromatic nitrogens is 1. The number of ether oxygens (including phenoxy) is 1. The highest BCUT2D eigenvalue weighted by Crippen LogP contribution is 2.24. The molecule has 1 aromatic carbocycles. The molecule has 1 heterocycles. The lowest BCUT2D eigenvalue weighted by Crippen LogP contribution is -2.10. The minimum absolute atomic E-state index is 0.484. The Morgan fingerprint density at radius 2 is 2.00 bits per heavy atom. The predicted octanol–water partition coefficient (Wildman–Crippen LogP) is 2.97. The highest BCUT2D eigenvalue weighted by atomic mass is 16.5. The summed E-state index contributed by atoms with van der Waals surface area (Å²) >= 11 is 0. The first-order chi connectivity index (χ1) is 9.22. The van der Waals surface area contributed by atoms with Crippen LogP contribution in [0, 0.1) is 0 Å². The van der Waals surface area contributed by atoms with Crippen molar-refractivity contribution in [2.24, 2.45) is 0 Å². The van der Waals surface area contributed by atoms with E-state index < -0.39 is 6.09 Å². The van der Waals surface area contributed by atoms with Crippen LogP contribution in [0.2, 0.25) is 0 Å². The van der Waals surface area contributed by atoms with Crippen molar-refractivity contribution in [2.75, 3.05) is 24.8 Å². The average Bonchev–Trinajstić information content (AvgIpc) is 2.47. The monoisotopic (exact) mass is 257 g/mol. The van der Waals surface area contributed by atoms with Crippen LogP contribution in [-0.4, -0.2) is 25.2 Å². The quantitative estimate of drug-likeness (QED) is 0.887. The first-order valence-electron chi connectivity index (χ1n) is 5.82. The zero-order valence-corrected chi connectivity index (χ0v) is 10.8. The van der Waals surface area contributed by atoms with Gasteiger partial charge in [0.2, 0.25) is 0 Å². The lowest BCUT2D eigenvalue weighted by molar-refractivity contribution is 0.187. The van der Waals surface area contributed by atoms with Crippen LogP contribution in [-0.2, 0) is 4.74 Å². The molecule has 0 aliphatic heterocycles. The van der Waals surface area contributed by atoms with Gasteiger partial charge in [0.15, 0.2) is 0 Å². The van der Waals surface area contributed by atoms with E-state index in [2.05, 4.69) is 20.4 Å². The van der Waals surface area contributed by atoms with E-state index in [0.717, 1.165) is 16.9 Å². The first-order valence-corrected chi connectivity index (χ1v) is 5.82. The number of anilines is 2. The molecular weight excluding hydrogens is 242 g/mol. The molecule has 0 aliphatic rings. The molecule has 0 saturated heterocycles. The number of benzene rings is 1. The van der Waals surface area contributed by atoms with Gasteiger partial charge in [-0.3, -0.25) is 5.32 Å². The Kier molecular flexibility index (Phi) is 3.97. The van der Waals surface area contributed by atoms with E-state index in [1.807, 2.05) is 37.4 Å². The molecule has 0 radical (unpaired) electrons. The fraction of sp³-hybridized carbons (Fsp3) is 0.143. The molecule has 0 aliphatic carbocycles. The SMILES string of the molecule is CNc1cc(-c2cccc(NC(=O)OC)c2)ccn1. The number of amides is 1. The number of carbonyl (C=O) groups excluding carboxylic acids is 1. The lowest BCUT2D eigenvalue weighted by atomic mass is 10.1. The van der Waals surface area contributed by atoms with Gasteiger partial charge < -0.3 is 10.1 Å². The summed E-state index contributed by atoms with van der Waals surface area (Å²) in [6, 6.07) is 11.4. The third-order valence-corrected chi connectivity index (χ3v) is 2.64. The third-order valence-electron chi connectivity index (χ3n) is 2.64. The number of nitrogens with zero attached hydrogens (tertiary/aromatic N) is 1. The normalized spacial score (nSPS) is 9.79. The molecule has 0 saturated carbocycles. The zero-order chi connectivity index (χ0) is 13.7. The second-order valence-corrected chi connectivity index (χ2v) is 3.88. The number of hydrogen-bond acceptors (Lipinski definition) is 4. The van der Waals surface area contributed by atoms with Gasteiger partial charge in [-0.25, -0.2) is 9.78 Å². The second kappa shape index (κ2) is 5.86. The van der Waals surface area contributed by atoms with Crippen LogP contribution in [0.5, 0.6) is 0 Å². The van der Waals surface area contributed by atoms with E-state index in [1.165, 1.54) is 7.11 Å². The van der Waals surface area contributed by atoms with Crippen LogP contribution in [0.4, 0.5) is 16.3 Å². The molecule has 1 aromatic heterocycles. The molecule has 5 heteroatoms. The highest BCUT2D eigenvalue weighted by Gasteiger charge is 2.03. The molecule has 19 heavy (non-hydrogen) atoms. The van der Waals surface area contributed by atoms with Crippen molar-refractivity contribution < 1.29 is 9.53 Å². The second-order valence-electron chi connectivity index (χ2n) is 3.88. The van der Waals surface area contributed by atoms with Gasteiger partial charge in [0, 0.05) is 18.9 Å². The van der Waals surface area contributed by atoms with Crippen molar-refractivity contribution in [3.05, 3.63) is 42.6 Å². The summed E-state index contributed by atoms with van der Waals surface area (Å²) < 4.78 is 4.57. The van der Waals surface area contributed by atoms with E-state index in [4.69, 9.17) is 0 Å². The van der Waals surface area contributed by atoms with Crippen molar-refractivity contribution in [3.8, 4) is 11.1 Å². The van der Waals surface area contributed by atoms with Crippen LogP contribution in [0.3, 0.4) is 0 Å². The Morgan fingerprint density at radius 3 is 2.74 bits per heavy atom. The van der Waals surface area contributed by atoms with Crippen LogP contribution < -0.4 is 10.6 Å². The summed E-state index contributed by atoms with van der Waals surface area (Å²) in [5, 5.41) is 5.63. The molecule has 2 aromatic rings. The van der Waals surface area contributed by atoms with Gasteiger partial charge >= 0.3 is 6.09 Å². The maximum absolute atomic E-state index is 11.2. The fourth-order valence-corrected chi connectivity index (χ4v) is 1.69. The van der Waals surface area contributed by atoms with Gasteiger partial charge in [-0.05, 0) is 35.4 Å². The average molecular weight is 257 g/mol. The lowest BCUT2D eigenvalue weighted by Gasteiger charge is -2.07. The maximum Gasteiger partial charge on any atom is 0.411 e. The van der Waals surface area contributed by atoms with Gasteiger partial charge in [-0.2, -0.15) is 0 Å². The van der Waals surface area contributed by atoms with Crippen molar-refractivity contribution in [1.82, 2.24) is 4.98 Å². The molecule has 2 rings (SSSR count).